The zero-order valence-electron chi connectivity index (χ0n) is 20.2. The van der Waals surface area contributed by atoms with Gasteiger partial charge in [0.05, 0.1) is 44.9 Å². The van der Waals surface area contributed by atoms with E-state index in [2.05, 4.69) is 0 Å². The van der Waals surface area contributed by atoms with Crippen molar-refractivity contribution in [2.75, 3.05) is 6.61 Å². The van der Waals surface area contributed by atoms with E-state index in [0.717, 1.165) is 15.7 Å². The zero-order valence-corrected chi connectivity index (χ0v) is 20.2. The molecular formula is C26H26N4O5. The van der Waals surface area contributed by atoms with Crippen LogP contribution in [0.1, 0.15) is 36.8 Å². The number of aromatic nitrogens is 3. The molecule has 1 unspecified atom stereocenters. The van der Waals surface area contributed by atoms with Crippen LogP contribution in [0.15, 0.2) is 58.1 Å². The minimum atomic E-state index is -0.843. The maximum absolute atomic E-state index is 13.6. The number of fused-ring (bicyclic) bond motifs is 3. The first-order valence-electron chi connectivity index (χ1n) is 11.3. The lowest BCUT2D eigenvalue weighted by molar-refractivity contribution is -0.386. The molecule has 0 spiro atoms. The third-order valence-electron chi connectivity index (χ3n) is 6.81. The van der Waals surface area contributed by atoms with Crippen molar-refractivity contribution in [3.63, 3.8) is 0 Å². The van der Waals surface area contributed by atoms with Crippen LogP contribution in [0.25, 0.3) is 22.2 Å². The molecule has 0 fully saturated rings. The summed E-state index contributed by atoms with van der Waals surface area (Å²) in [6.07, 6.45) is -0.843. The molecule has 2 aromatic heterocycles. The Bertz CT molecular complexity index is 1620. The fourth-order valence-corrected chi connectivity index (χ4v) is 5.09. The third kappa shape index (κ3) is 3.26. The number of nitrogens with zero attached hydrogens (tertiary/aromatic N) is 4. The minimum Gasteiger partial charge on any atom is -0.364 e. The number of aryl methyl sites for hydroxylation is 2. The van der Waals surface area contributed by atoms with Crippen molar-refractivity contribution in [2.45, 2.75) is 32.4 Å². The smallest absolute Gasteiger partial charge is 0.331 e. The topological polar surface area (TPSA) is 101 Å². The van der Waals surface area contributed by atoms with Crippen LogP contribution in [0.4, 0.5) is 5.69 Å². The molecule has 0 saturated carbocycles. The maximum Gasteiger partial charge on any atom is 0.331 e. The highest BCUT2D eigenvalue weighted by Crippen LogP contribution is 2.46. The predicted molar refractivity (Wildman–Crippen MR) is 133 cm³/mol. The van der Waals surface area contributed by atoms with Crippen molar-refractivity contribution in [3.05, 3.63) is 96.3 Å². The summed E-state index contributed by atoms with van der Waals surface area (Å²) in [5, 5.41) is 12.3. The van der Waals surface area contributed by atoms with Crippen LogP contribution in [0.5, 0.6) is 0 Å². The molecule has 0 aliphatic carbocycles. The molecule has 0 saturated heterocycles. The molecule has 1 aliphatic rings. The monoisotopic (exact) mass is 474 g/mol. The first kappa shape index (κ1) is 22.8. The van der Waals surface area contributed by atoms with Gasteiger partial charge in [0, 0.05) is 20.2 Å². The maximum atomic E-state index is 13.6. The van der Waals surface area contributed by atoms with Crippen LogP contribution in [0.3, 0.4) is 0 Å². The number of ether oxygens (including phenoxy) is 1. The summed E-state index contributed by atoms with van der Waals surface area (Å²) in [7, 11) is 3.07. The van der Waals surface area contributed by atoms with Gasteiger partial charge in [-0.2, -0.15) is 0 Å². The van der Waals surface area contributed by atoms with Gasteiger partial charge < -0.3 is 9.30 Å². The summed E-state index contributed by atoms with van der Waals surface area (Å²) >= 11 is 0. The molecular weight excluding hydrogens is 448 g/mol. The average Bonchev–Trinajstić information content (AvgIpc) is 3.19. The molecule has 180 valence electrons. The Labute approximate surface area is 201 Å². The molecule has 9 nitrogen and oxygen atoms in total. The number of hydrogen-bond donors (Lipinski definition) is 0. The Morgan fingerprint density at radius 2 is 1.69 bits per heavy atom. The van der Waals surface area contributed by atoms with Gasteiger partial charge in [-0.1, -0.05) is 42.0 Å². The minimum absolute atomic E-state index is 0.0798. The molecule has 1 aliphatic heterocycles. The highest BCUT2D eigenvalue weighted by molar-refractivity contribution is 5.97. The van der Waals surface area contributed by atoms with E-state index in [-0.39, 0.29) is 12.3 Å². The van der Waals surface area contributed by atoms with Gasteiger partial charge in [-0.3, -0.25) is 24.0 Å². The first-order chi connectivity index (χ1) is 16.5. The van der Waals surface area contributed by atoms with Crippen LogP contribution >= 0.6 is 0 Å². The molecule has 0 N–H and O–H groups in total. The summed E-state index contributed by atoms with van der Waals surface area (Å²) in [6, 6.07) is 14.3. The second kappa shape index (κ2) is 7.78. The van der Waals surface area contributed by atoms with Gasteiger partial charge in [0.1, 0.15) is 6.10 Å². The van der Waals surface area contributed by atoms with Crippen molar-refractivity contribution in [3.8, 4) is 11.3 Å². The molecule has 9 heteroatoms. The normalized spacial score (nSPS) is 16.9. The van der Waals surface area contributed by atoms with Crippen LogP contribution in [0.2, 0.25) is 0 Å². The van der Waals surface area contributed by atoms with E-state index in [0.29, 0.717) is 27.9 Å². The predicted octanol–water partition coefficient (Wildman–Crippen LogP) is 3.78. The molecule has 35 heavy (non-hydrogen) atoms. The van der Waals surface area contributed by atoms with Gasteiger partial charge in [-0.25, -0.2) is 4.79 Å². The zero-order chi connectivity index (χ0) is 25.2. The van der Waals surface area contributed by atoms with E-state index in [4.69, 9.17) is 4.74 Å². The highest BCUT2D eigenvalue weighted by atomic mass is 16.6. The van der Waals surface area contributed by atoms with Crippen LogP contribution in [-0.4, -0.2) is 25.2 Å². The number of nitro groups is 1. The van der Waals surface area contributed by atoms with Crippen molar-refractivity contribution < 1.29 is 9.66 Å². The van der Waals surface area contributed by atoms with E-state index in [1.165, 1.54) is 17.7 Å². The lowest BCUT2D eigenvalue weighted by Gasteiger charge is -2.39. The Morgan fingerprint density at radius 1 is 1.03 bits per heavy atom. The molecule has 0 radical (unpaired) electrons. The summed E-state index contributed by atoms with van der Waals surface area (Å²) in [5.41, 5.74) is 2.33. The van der Waals surface area contributed by atoms with Gasteiger partial charge in [0.15, 0.2) is 0 Å². The van der Waals surface area contributed by atoms with Gasteiger partial charge >= 0.3 is 5.69 Å². The van der Waals surface area contributed by atoms with Crippen molar-refractivity contribution in [1.29, 1.82) is 0 Å². The Hall–Kier alpha value is -3.98. The van der Waals surface area contributed by atoms with Crippen LogP contribution < -0.4 is 11.2 Å². The largest absolute Gasteiger partial charge is 0.364 e. The summed E-state index contributed by atoms with van der Waals surface area (Å²) in [6.45, 7) is 6.22. The molecule has 0 amide bonds. The third-order valence-corrected chi connectivity index (χ3v) is 6.81. The van der Waals surface area contributed by atoms with Gasteiger partial charge in [0.2, 0.25) is 0 Å². The first-order valence-corrected chi connectivity index (χ1v) is 11.3. The van der Waals surface area contributed by atoms with Crippen molar-refractivity contribution >= 4 is 16.6 Å². The number of rotatable bonds is 3. The SMILES string of the molecule is Cc1ccc(-c2c3c(=O)n(C)c(=O)n(C)c3c3n2C(C)(C)COC3c2ccccc2[N+](=O)[O-])cc1. The molecule has 5 rings (SSSR count). The van der Waals surface area contributed by atoms with E-state index in [1.54, 1.807) is 25.2 Å². The number of nitro benzene ring substituents is 1. The lowest BCUT2D eigenvalue weighted by Crippen LogP contribution is -2.40. The van der Waals surface area contributed by atoms with Gasteiger partial charge in [0.25, 0.3) is 11.2 Å². The lowest BCUT2D eigenvalue weighted by atomic mass is 9.97. The summed E-state index contributed by atoms with van der Waals surface area (Å²) in [4.78, 5) is 38.1. The van der Waals surface area contributed by atoms with Gasteiger partial charge in [-0.05, 0) is 32.4 Å². The molecule has 4 aromatic rings. The number of para-hydroxylation sites is 1. The highest BCUT2D eigenvalue weighted by Gasteiger charge is 2.42. The van der Waals surface area contributed by atoms with E-state index < -0.39 is 27.8 Å². The van der Waals surface area contributed by atoms with Crippen LogP contribution in [0, 0.1) is 17.0 Å². The second-order valence-electron chi connectivity index (χ2n) is 9.68. The van der Waals surface area contributed by atoms with E-state index in [9.17, 15) is 19.7 Å². The standard InChI is InChI=1S/C26H26N4O5/c1-15-10-12-16(13-11-15)20-19-21(27(4)25(32)28(5)24(19)31)22-23(35-14-26(2,3)29(20)22)17-8-6-7-9-18(17)30(33)34/h6-13,23H,14H2,1-5H3. The van der Waals surface area contributed by atoms with E-state index >= 15 is 0 Å². The van der Waals surface area contributed by atoms with Crippen molar-refractivity contribution in [2.24, 2.45) is 14.1 Å². The van der Waals surface area contributed by atoms with E-state index in [1.807, 2.05) is 49.6 Å². The Morgan fingerprint density at radius 3 is 2.34 bits per heavy atom. The van der Waals surface area contributed by atoms with Crippen molar-refractivity contribution in [1.82, 2.24) is 13.7 Å². The fourth-order valence-electron chi connectivity index (χ4n) is 5.09. The molecule has 1 atom stereocenters. The van der Waals surface area contributed by atoms with Crippen LogP contribution in [-0.2, 0) is 24.4 Å². The quantitative estimate of drug-likeness (QED) is 0.332. The molecule has 0 bridgehead atoms. The summed E-state index contributed by atoms with van der Waals surface area (Å²) < 4.78 is 10.9. The second-order valence-corrected chi connectivity index (χ2v) is 9.68. The molecule has 3 heterocycles. The Balaban J connectivity index is 2.02. The van der Waals surface area contributed by atoms with Gasteiger partial charge in [-0.15, -0.1) is 0 Å². The number of benzene rings is 2. The summed E-state index contributed by atoms with van der Waals surface area (Å²) in [5.74, 6) is 0. The Kier molecular flexibility index (Phi) is 5.06. The number of hydrogen-bond acceptors (Lipinski definition) is 5. The average molecular weight is 475 g/mol. The fraction of sp³-hybridized carbons (Fsp3) is 0.308. The molecule has 2 aromatic carbocycles.